The topological polar surface area (TPSA) is 79.9 Å². The molecule has 6 nitrogen and oxygen atoms in total. The summed E-state index contributed by atoms with van der Waals surface area (Å²) in [5, 5.41) is 2.80. The van der Waals surface area contributed by atoms with Crippen molar-refractivity contribution in [1.82, 2.24) is 15.0 Å². The van der Waals surface area contributed by atoms with Gasteiger partial charge < -0.3 is 15.0 Å². The third kappa shape index (κ3) is 2.31. The number of carbonyl (C=O) groups is 1. The molecule has 0 aliphatic rings. The molecule has 0 unspecified atom stereocenters. The Kier molecular flexibility index (Phi) is 3.04. The van der Waals surface area contributed by atoms with Crippen LogP contribution in [-0.2, 0) is 0 Å². The van der Waals surface area contributed by atoms with Gasteiger partial charge in [-0.25, -0.2) is 9.97 Å². The van der Waals surface area contributed by atoms with Gasteiger partial charge in [-0.05, 0) is 18.2 Å². The molecular formula is C14H12N4O2. The van der Waals surface area contributed by atoms with Crippen LogP contribution in [0.3, 0.4) is 0 Å². The largest absolute Gasteiger partial charge is 0.497 e. The van der Waals surface area contributed by atoms with Crippen LogP contribution in [0.4, 0.5) is 5.69 Å². The van der Waals surface area contributed by atoms with Crippen molar-refractivity contribution < 1.29 is 9.53 Å². The summed E-state index contributed by atoms with van der Waals surface area (Å²) in [5.74, 6) is 0.451. The first-order chi connectivity index (χ1) is 9.76. The predicted octanol–water partition coefficient (Wildman–Crippen LogP) is 2.22. The van der Waals surface area contributed by atoms with Gasteiger partial charge in [-0.3, -0.25) is 4.79 Å². The lowest BCUT2D eigenvalue weighted by Crippen LogP contribution is -2.12. The number of fused-ring (bicyclic) bond motifs is 1. The van der Waals surface area contributed by atoms with Crippen LogP contribution >= 0.6 is 0 Å². The highest BCUT2D eigenvalue weighted by atomic mass is 16.5. The molecule has 3 aromatic rings. The first kappa shape index (κ1) is 12.2. The van der Waals surface area contributed by atoms with Gasteiger partial charge in [0.25, 0.3) is 5.91 Å². The average molecular weight is 268 g/mol. The van der Waals surface area contributed by atoms with E-state index in [1.165, 1.54) is 6.20 Å². The number of carbonyl (C=O) groups excluding carboxylic acids is 1. The Morgan fingerprint density at radius 2 is 2.20 bits per heavy atom. The maximum Gasteiger partial charge on any atom is 0.257 e. The number of aromatic nitrogens is 3. The quantitative estimate of drug-likeness (QED) is 0.763. The molecule has 20 heavy (non-hydrogen) atoms. The second kappa shape index (κ2) is 5.00. The fraction of sp³-hybridized carbons (Fsp3) is 0.0714. The summed E-state index contributed by atoms with van der Waals surface area (Å²) < 4.78 is 5.11. The molecule has 0 bridgehead atoms. The van der Waals surface area contributed by atoms with E-state index in [2.05, 4.69) is 20.3 Å². The van der Waals surface area contributed by atoms with Gasteiger partial charge in [0.2, 0.25) is 0 Å². The minimum absolute atomic E-state index is 0.234. The van der Waals surface area contributed by atoms with E-state index >= 15 is 0 Å². The minimum atomic E-state index is -0.234. The highest BCUT2D eigenvalue weighted by Gasteiger charge is 2.09. The van der Waals surface area contributed by atoms with Crippen LogP contribution in [0.15, 0.2) is 42.9 Å². The number of rotatable bonds is 3. The van der Waals surface area contributed by atoms with Crippen molar-refractivity contribution in [3.05, 3.63) is 48.4 Å². The number of imidazole rings is 1. The molecule has 2 heterocycles. The Bertz CT molecular complexity index is 766. The molecule has 3 rings (SSSR count). The second-order valence-electron chi connectivity index (χ2n) is 4.18. The summed E-state index contributed by atoms with van der Waals surface area (Å²) in [5.41, 5.74) is 2.44. The number of nitrogens with one attached hydrogen (secondary N) is 2. The van der Waals surface area contributed by atoms with Crippen molar-refractivity contribution in [3.63, 3.8) is 0 Å². The molecule has 1 amide bonds. The van der Waals surface area contributed by atoms with Crippen molar-refractivity contribution in [2.45, 2.75) is 0 Å². The maximum absolute atomic E-state index is 12.2. The third-order valence-corrected chi connectivity index (χ3v) is 2.86. The molecule has 0 radical (unpaired) electrons. The lowest BCUT2D eigenvalue weighted by atomic mass is 10.2. The molecule has 0 saturated carbocycles. The van der Waals surface area contributed by atoms with E-state index in [0.717, 1.165) is 5.52 Å². The van der Waals surface area contributed by atoms with E-state index in [9.17, 15) is 4.79 Å². The van der Waals surface area contributed by atoms with Crippen molar-refractivity contribution in [1.29, 1.82) is 0 Å². The zero-order valence-electron chi connectivity index (χ0n) is 10.8. The number of ether oxygens (including phenoxy) is 1. The van der Waals surface area contributed by atoms with Crippen molar-refractivity contribution in [2.24, 2.45) is 0 Å². The SMILES string of the molecule is COc1cccc(NC(=O)c2cnc3nc[nH]c3c2)c1. The van der Waals surface area contributed by atoms with Gasteiger partial charge in [0.1, 0.15) is 5.75 Å². The van der Waals surface area contributed by atoms with Crippen LogP contribution in [0.5, 0.6) is 5.75 Å². The Balaban J connectivity index is 1.84. The van der Waals surface area contributed by atoms with Crippen LogP contribution in [0.2, 0.25) is 0 Å². The smallest absolute Gasteiger partial charge is 0.257 e. The number of nitrogens with zero attached hydrogens (tertiary/aromatic N) is 2. The van der Waals surface area contributed by atoms with Gasteiger partial charge in [0, 0.05) is 18.0 Å². The average Bonchev–Trinajstić information content (AvgIpc) is 2.94. The molecule has 2 N–H and O–H groups in total. The molecule has 0 saturated heterocycles. The Hall–Kier alpha value is -2.89. The van der Waals surface area contributed by atoms with E-state index in [-0.39, 0.29) is 5.91 Å². The van der Waals surface area contributed by atoms with E-state index in [4.69, 9.17) is 4.74 Å². The molecule has 0 fully saturated rings. The summed E-state index contributed by atoms with van der Waals surface area (Å²) in [7, 11) is 1.58. The standard InChI is InChI=1S/C14H12N4O2/c1-20-11-4-2-3-10(6-11)18-14(19)9-5-12-13(15-7-9)17-8-16-12/h2-8H,1H3,(H,18,19)(H,15,16,17). The van der Waals surface area contributed by atoms with Gasteiger partial charge >= 0.3 is 0 Å². The summed E-state index contributed by atoms with van der Waals surface area (Å²) in [6.45, 7) is 0. The van der Waals surface area contributed by atoms with Gasteiger partial charge in [-0.1, -0.05) is 6.07 Å². The maximum atomic E-state index is 12.2. The zero-order valence-corrected chi connectivity index (χ0v) is 10.8. The molecule has 0 aliphatic carbocycles. The molecule has 0 spiro atoms. The van der Waals surface area contributed by atoms with Crippen LogP contribution in [-0.4, -0.2) is 28.0 Å². The normalized spacial score (nSPS) is 10.4. The summed E-state index contributed by atoms with van der Waals surface area (Å²) in [6.07, 6.45) is 3.04. The van der Waals surface area contributed by atoms with Crippen LogP contribution in [0.1, 0.15) is 10.4 Å². The lowest BCUT2D eigenvalue weighted by Gasteiger charge is -2.06. The van der Waals surface area contributed by atoms with E-state index < -0.39 is 0 Å². The monoisotopic (exact) mass is 268 g/mol. The minimum Gasteiger partial charge on any atom is -0.497 e. The van der Waals surface area contributed by atoms with Gasteiger partial charge in [-0.15, -0.1) is 0 Å². The third-order valence-electron chi connectivity index (χ3n) is 2.86. The Labute approximate surface area is 114 Å². The molecule has 100 valence electrons. The second-order valence-corrected chi connectivity index (χ2v) is 4.18. The fourth-order valence-corrected chi connectivity index (χ4v) is 1.86. The number of methoxy groups -OCH3 is 1. The molecule has 0 aliphatic heterocycles. The van der Waals surface area contributed by atoms with Crippen LogP contribution < -0.4 is 10.1 Å². The molecule has 1 aromatic carbocycles. The van der Waals surface area contributed by atoms with Crippen molar-refractivity contribution >= 4 is 22.8 Å². The number of hydrogen-bond donors (Lipinski definition) is 2. The first-order valence-electron chi connectivity index (χ1n) is 6.01. The Morgan fingerprint density at radius 3 is 3.05 bits per heavy atom. The Morgan fingerprint density at radius 1 is 1.30 bits per heavy atom. The number of hydrogen-bond acceptors (Lipinski definition) is 4. The molecule has 6 heteroatoms. The number of aromatic amines is 1. The van der Waals surface area contributed by atoms with E-state index in [1.54, 1.807) is 31.6 Å². The highest BCUT2D eigenvalue weighted by molar-refractivity contribution is 6.05. The number of H-pyrrole nitrogens is 1. The summed E-state index contributed by atoms with van der Waals surface area (Å²) in [4.78, 5) is 23.2. The number of anilines is 1. The van der Waals surface area contributed by atoms with Crippen LogP contribution in [0.25, 0.3) is 11.2 Å². The molecule has 0 atom stereocenters. The van der Waals surface area contributed by atoms with Crippen LogP contribution in [0, 0.1) is 0 Å². The van der Waals surface area contributed by atoms with Gasteiger partial charge in [0.15, 0.2) is 5.65 Å². The van der Waals surface area contributed by atoms with Crippen molar-refractivity contribution in [3.8, 4) is 5.75 Å². The zero-order chi connectivity index (χ0) is 13.9. The van der Waals surface area contributed by atoms with E-state index in [0.29, 0.717) is 22.6 Å². The number of benzene rings is 1. The van der Waals surface area contributed by atoms with Crippen molar-refractivity contribution in [2.75, 3.05) is 12.4 Å². The lowest BCUT2D eigenvalue weighted by molar-refractivity contribution is 0.102. The van der Waals surface area contributed by atoms with Gasteiger partial charge in [0.05, 0.1) is 24.5 Å². The van der Waals surface area contributed by atoms with Gasteiger partial charge in [-0.2, -0.15) is 0 Å². The summed E-state index contributed by atoms with van der Waals surface area (Å²) in [6, 6.07) is 8.88. The predicted molar refractivity (Wildman–Crippen MR) is 74.8 cm³/mol. The highest BCUT2D eigenvalue weighted by Crippen LogP contribution is 2.18. The van der Waals surface area contributed by atoms with E-state index in [1.807, 2.05) is 12.1 Å². The summed E-state index contributed by atoms with van der Waals surface area (Å²) >= 11 is 0. The fourth-order valence-electron chi connectivity index (χ4n) is 1.86. The molecule has 2 aromatic heterocycles. The number of amides is 1. The first-order valence-corrected chi connectivity index (χ1v) is 6.01. The molecular weight excluding hydrogens is 256 g/mol. The number of pyridine rings is 1.